The average Bonchev–Trinajstić information content (AvgIpc) is 2.71. The van der Waals surface area contributed by atoms with Gasteiger partial charge in [0.2, 0.25) is 5.91 Å². The van der Waals surface area contributed by atoms with Gasteiger partial charge in [0, 0.05) is 12.1 Å². The topological polar surface area (TPSA) is 84.9 Å². The molecule has 0 bridgehead atoms. The number of ketones is 1. The van der Waals surface area contributed by atoms with E-state index in [9.17, 15) is 14.4 Å². The number of rotatable bonds is 7. The molecular weight excluding hydrogens is 384 g/mol. The molecule has 1 aliphatic rings. The van der Waals surface area contributed by atoms with Crippen molar-refractivity contribution in [3.05, 3.63) is 52.6 Å². The number of ether oxygens (including phenoxy) is 2. The van der Waals surface area contributed by atoms with Gasteiger partial charge in [-0.1, -0.05) is 6.07 Å². The van der Waals surface area contributed by atoms with Crippen LogP contribution in [0.5, 0.6) is 11.5 Å². The first-order valence-electron chi connectivity index (χ1n) is 9.88. The number of carbonyl (C=O) groups is 3. The molecule has 0 spiro atoms. The molecule has 0 atom stereocenters. The third-order valence-corrected chi connectivity index (χ3v) is 5.02. The highest BCUT2D eigenvalue weighted by Crippen LogP contribution is 2.33. The molecule has 1 heterocycles. The van der Waals surface area contributed by atoms with Crippen LogP contribution in [0.25, 0.3) is 0 Å². The number of Topliss-reactive ketones (excluding diaryl/α,β-unsaturated/α-hetero) is 1. The van der Waals surface area contributed by atoms with E-state index in [1.54, 1.807) is 25.1 Å². The number of benzene rings is 2. The minimum absolute atomic E-state index is 0.126. The van der Waals surface area contributed by atoms with E-state index in [0.29, 0.717) is 29.3 Å². The molecule has 7 heteroatoms. The second kappa shape index (κ2) is 8.98. The molecular formula is C23H26N2O5. The van der Waals surface area contributed by atoms with Crippen LogP contribution in [-0.4, -0.2) is 43.9 Å². The van der Waals surface area contributed by atoms with Crippen LogP contribution in [0.4, 0.5) is 5.69 Å². The standard InChI is InChI=1S/C23H26N2O5/c1-5-24-22(27)11-25-18-10-17(6-7-20(18)30-13-23(25)28)19(26)12-29-21-9-14(2)8-15(3)16(21)4/h6-10H,5,11-13H2,1-4H3,(H,24,27). The molecule has 2 aromatic carbocycles. The summed E-state index contributed by atoms with van der Waals surface area (Å²) in [6.07, 6.45) is 0. The lowest BCUT2D eigenvalue weighted by molar-refractivity contribution is -0.125. The molecule has 0 saturated carbocycles. The normalized spacial score (nSPS) is 12.8. The Balaban J connectivity index is 1.79. The molecule has 1 aliphatic heterocycles. The molecule has 158 valence electrons. The molecule has 3 rings (SSSR count). The molecule has 0 aromatic heterocycles. The van der Waals surface area contributed by atoms with Crippen molar-refractivity contribution < 1.29 is 23.9 Å². The predicted octanol–water partition coefficient (Wildman–Crippen LogP) is 2.74. The second-order valence-electron chi connectivity index (χ2n) is 7.32. The highest BCUT2D eigenvalue weighted by molar-refractivity contribution is 6.04. The summed E-state index contributed by atoms with van der Waals surface area (Å²) >= 11 is 0. The van der Waals surface area contributed by atoms with Crippen molar-refractivity contribution in [3.8, 4) is 11.5 Å². The molecule has 0 saturated heterocycles. The minimum atomic E-state index is -0.333. The average molecular weight is 410 g/mol. The molecule has 2 amide bonds. The number of anilines is 1. The van der Waals surface area contributed by atoms with E-state index in [2.05, 4.69) is 11.4 Å². The van der Waals surface area contributed by atoms with Crippen LogP contribution in [0.1, 0.15) is 34.0 Å². The fraction of sp³-hybridized carbons (Fsp3) is 0.348. The summed E-state index contributed by atoms with van der Waals surface area (Å²) in [6, 6.07) is 8.82. The highest BCUT2D eigenvalue weighted by atomic mass is 16.5. The minimum Gasteiger partial charge on any atom is -0.485 e. The third-order valence-electron chi connectivity index (χ3n) is 5.02. The first kappa shape index (κ1) is 21.4. The number of nitrogens with zero attached hydrogens (tertiary/aromatic N) is 1. The van der Waals surface area contributed by atoms with E-state index in [1.807, 2.05) is 26.8 Å². The lowest BCUT2D eigenvalue weighted by Gasteiger charge is -2.29. The molecule has 0 fully saturated rings. The Morgan fingerprint density at radius 1 is 1.17 bits per heavy atom. The fourth-order valence-corrected chi connectivity index (χ4v) is 3.32. The summed E-state index contributed by atoms with van der Waals surface area (Å²) in [5, 5.41) is 2.67. The lowest BCUT2D eigenvalue weighted by Crippen LogP contribution is -2.45. The summed E-state index contributed by atoms with van der Waals surface area (Å²) < 4.78 is 11.2. The van der Waals surface area contributed by atoms with Crippen molar-refractivity contribution in [2.24, 2.45) is 0 Å². The third kappa shape index (κ3) is 4.62. The van der Waals surface area contributed by atoms with Crippen LogP contribution in [0.2, 0.25) is 0 Å². The van der Waals surface area contributed by atoms with Crippen LogP contribution in [0.3, 0.4) is 0 Å². The lowest BCUT2D eigenvalue weighted by atomic mass is 10.1. The van der Waals surface area contributed by atoms with Crippen LogP contribution in [0, 0.1) is 20.8 Å². The predicted molar refractivity (Wildman–Crippen MR) is 113 cm³/mol. The van der Waals surface area contributed by atoms with Crippen molar-refractivity contribution in [2.75, 3.05) is 31.2 Å². The number of carbonyl (C=O) groups excluding carboxylic acids is 3. The van der Waals surface area contributed by atoms with Gasteiger partial charge in [-0.25, -0.2) is 0 Å². The van der Waals surface area contributed by atoms with Crippen molar-refractivity contribution in [1.82, 2.24) is 5.32 Å². The van der Waals surface area contributed by atoms with E-state index in [1.165, 1.54) is 4.90 Å². The maximum Gasteiger partial charge on any atom is 0.265 e. The number of hydrogen-bond acceptors (Lipinski definition) is 5. The highest BCUT2D eigenvalue weighted by Gasteiger charge is 2.28. The molecule has 0 aliphatic carbocycles. The summed E-state index contributed by atoms with van der Waals surface area (Å²) in [5.74, 6) is 0.300. The number of fused-ring (bicyclic) bond motifs is 1. The van der Waals surface area contributed by atoms with Crippen LogP contribution >= 0.6 is 0 Å². The van der Waals surface area contributed by atoms with Gasteiger partial charge in [0.05, 0.1) is 5.69 Å². The first-order valence-corrected chi connectivity index (χ1v) is 9.88. The molecule has 1 N–H and O–H groups in total. The van der Waals surface area contributed by atoms with Gasteiger partial charge in [-0.3, -0.25) is 19.3 Å². The van der Waals surface area contributed by atoms with Gasteiger partial charge in [0.1, 0.15) is 18.0 Å². The number of aryl methyl sites for hydroxylation is 2. The van der Waals surface area contributed by atoms with E-state index >= 15 is 0 Å². The van der Waals surface area contributed by atoms with Gasteiger partial charge in [-0.05, 0) is 68.7 Å². The van der Waals surface area contributed by atoms with Gasteiger partial charge >= 0.3 is 0 Å². The summed E-state index contributed by atoms with van der Waals surface area (Å²) in [7, 11) is 0. The van der Waals surface area contributed by atoms with Crippen LogP contribution in [-0.2, 0) is 9.59 Å². The van der Waals surface area contributed by atoms with Crippen molar-refractivity contribution in [2.45, 2.75) is 27.7 Å². The van der Waals surface area contributed by atoms with Gasteiger partial charge < -0.3 is 14.8 Å². The zero-order chi connectivity index (χ0) is 21.8. The molecule has 0 radical (unpaired) electrons. The SMILES string of the molecule is CCNC(=O)CN1C(=O)COc2ccc(C(=O)COc3cc(C)cc(C)c3C)cc21. The molecule has 0 unspecified atom stereocenters. The van der Waals surface area contributed by atoms with Crippen molar-refractivity contribution in [1.29, 1.82) is 0 Å². The number of amides is 2. The first-order chi connectivity index (χ1) is 14.3. The molecule has 7 nitrogen and oxygen atoms in total. The van der Waals surface area contributed by atoms with Gasteiger partial charge in [0.25, 0.3) is 5.91 Å². The maximum atomic E-state index is 12.7. The smallest absolute Gasteiger partial charge is 0.265 e. The Morgan fingerprint density at radius 3 is 2.67 bits per heavy atom. The van der Waals surface area contributed by atoms with E-state index < -0.39 is 0 Å². The maximum absolute atomic E-state index is 12.7. The summed E-state index contributed by atoms with van der Waals surface area (Å²) in [4.78, 5) is 38.4. The largest absolute Gasteiger partial charge is 0.485 e. The monoisotopic (exact) mass is 410 g/mol. The number of likely N-dealkylation sites (N-methyl/N-ethyl adjacent to an activating group) is 1. The van der Waals surface area contributed by atoms with Gasteiger partial charge in [-0.2, -0.15) is 0 Å². The molecule has 2 aromatic rings. The van der Waals surface area contributed by atoms with E-state index in [4.69, 9.17) is 9.47 Å². The van der Waals surface area contributed by atoms with E-state index in [-0.39, 0.29) is 37.4 Å². The Labute approximate surface area is 176 Å². The Kier molecular flexibility index (Phi) is 6.40. The summed E-state index contributed by atoms with van der Waals surface area (Å²) in [5.41, 5.74) is 3.95. The Hall–Kier alpha value is -3.35. The van der Waals surface area contributed by atoms with Gasteiger partial charge in [0.15, 0.2) is 19.0 Å². The van der Waals surface area contributed by atoms with E-state index in [0.717, 1.165) is 16.7 Å². The van der Waals surface area contributed by atoms with Crippen LogP contribution < -0.4 is 19.7 Å². The number of nitrogens with one attached hydrogen (secondary N) is 1. The van der Waals surface area contributed by atoms with Crippen molar-refractivity contribution >= 4 is 23.3 Å². The van der Waals surface area contributed by atoms with Crippen LogP contribution in [0.15, 0.2) is 30.3 Å². The van der Waals surface area contributed by atoms with Crippen molar-refractivity contribution in [3.63, 3.8) is 0 Å². The van der Waals surface area contributed by atoms with Gasteiger partial charge in [-0.15, -0.1) is 0 Å². The fourth-order valence-electron chi connectivity index (χ4n) is 3.32. The number of hydrogen-bond donors (Lipinski definition) is 1. The quantitative estimate of drug-likeness (QED) is 0.710. The summed E-state index contributed by atoms with van der Waals surface area (Å²) in [6.45, 7) is 7.81. The Bertz CT molecular complexity index is 999. The second-order valence-corrected chi connectivity index (χ2v) is 7.32. The zero-order valence-corrected chi connectivity index (χ0v) is 17.7. The zero-order valence-electron chi connectivity index (χ0n) is 17.7. The Morgan fingerprint density at radius 2 is 1.93 bits per heavy atom. The molecule has 30 heavy (non-hydrogen) atoms.